The van der Waals surface area contributed by atoms with Crippen LogP contribution < -0.4 is 4.74 Å². The Labute approximate surface area is 124 Å². The highest BCUT2D eigenvalue weighted by Crippen LogP contribution is 2.31. The van der Waals surface area contributed by atoms with E-state index in [9.17, 15) is 4.39 Å². The Morgan fingerprint density at radius 1 is 1.26 bits per heavy atom. The standard InChI is InChI=1S/C12H6Br2FN3O/c13-8-5-7(15)1-2-9(8)19-12-11-16-3-4-18(11)6-10(14)17-12/h1-6H. The van der Waals surface area contributed by atoms with Crippen LogP contribution in [0.2, 0.25) is 0 Å². The third kappa shape index (κ3) is 2.48. The second-order valence-corrected chi connectivity index (χ2v) is 5.37. The summed E-state index contributed by atoms with van der Waals surface area (Å²) in [6.45, 7) is 0. The van der Waals surface area contributed by atoms with Gasteiger partial charge < -0.3 is 4.74 Å². The summed E-state index contributed by atoms with van der Waals surface area (Å²) in [4.78, 5) is 8.40. The first kappa shape index (κ1) is 12.6. The molecule has 0 N–H and O–H groups in total. The van der Waals surface area contributed by atoms with Crippen LogP contribution in [0.5, 0.6) is 11.6 Å². The van der Waals surface area contributed by atoms with E-state index < -0.39 is 0 Å². The molecule has 0 bridgehead atoms. The number of ether oxygens (including phenoxy) is 1. The Morgan fingerprint density at radius 2 is 2.11 bits per heavy atom. The van der Waals surface area contributed by atoms with Crippen molar-refractivity contribution >= 4 is 37.5 Å². The van der Waals surface area contributed by atoms with E-state index in [0.29, 0.717) is 26.4 Å². The molecular formula is C12H6Br2FN3O. The van der Waals surface area contributed by atoms with Crippen molar-refractivity contribution < 1.29 is 9.13 Å². The molecule has 0 amide bonds. The Hall–Kier alpha value is -1.47. The summed E-state index contributed by atoms with van der Waals surface area (Å²) in [6.07, 6.45) is 5.21. The van der Waals surface area contributed by atoms with Crippen LogP contribution in [0, 0.1) is 5.82 Å². The van der Waals surface area contributed by atoms with E-state index >= 15 is 0 Å². The van der Waals surface area contributed by atoms with Crippen LogP contribution in [0.3, 0.4) is 0 Å². The molecule has 0 saturated heterocycles. The van der Waals surface area contributed by atoms with Crippen LogP contribution in [-0.4, -0.2) is 14.4 Å². The van der Waals surface area contributed by atoms with Gasteiger partial charge in [-0.2, -0.15) is 0 Å². The van der Waals surface area contributed by atoms with Crippen LogP contribution in [0.15, 0.2) is 45.9 Å². The van der Waals surface area contributed by atoms with Crippen molar-refractivity contribution in [3.05, 3.63) is 51.7 Å². The number of fused-ring (bicyclic) bond motifs is 1. The molecule has 3 aromatic rings. The van der Waals surface area contributed by atoms with E-state index in [1.54, 1.807) is 23.0 Å². The molecule has 0 atom stereocenters. The number of nitrogens with zero attached hydrogens (tertiary/aromatic N) is 3. The average Bonchev–Trinajstić information content (AvgIpc) is 2.80. The number of imidazole rings is 1. The van der Waals surface area contributed by atoms with Crippen molar-refractivity contribution in [2.75, 3.05) is 0 Å². The van der Waals surface area contributed by atoms with E-state index in [1.807, 2.05) is 0 Å². The second-order valence-electron chi connectivity index (χ2n) is 3.70. The fourth-order valence-electron chi connectivity index (χ4n) is 1.60. The second kappa shape index (κ2) is 4.90. The first-order valence-electron chi connectivity index (χ1n) is 5.25. The van der Waals surface area contributed by atoms with Crippen molar-refractivity contribution in [3.8, 4) is 11.6 Å². The Kier molecular flexibility index (Phi) is 3.24. The normalized spacial score (nSPS) is 10.9. The molecule has 0 aliphatic carbocycles. The molecule has 1 aromatic carbocycles. The van der Waals surface area contributed by atoms with Gasteiger partial charge in [0.2, 0.25) is 5.65 Å². The summed E-state index contributed by atoms with van der Waals surface area (Å²) in [5, 5.41) is 0. The van der Waals surface area contributed by atoms with Gasteiger partial charge in [0.1, 0.15) is 16.2 Å². The molecule has 0 aliphatic rings. The summed E-state index contributed by atoms with van der Waals surface area (Å²) in [7, 11) is 0. The highest BCUT2D eigenvalue weighted by molar-refractivity contribution is 9.10. The Balaban J connectivity index is 2.07. The SMILES string of the molecule is Fc1ccc(Oc2nc(Br)cn3ccnc23)c(Br)c1. The van der Waals surface area contributed by atoms with E-state index in [2.05, 4.69) is 41.8 Å². The molecule has 2 heterocycles. The monoisotopic (exact) mass is 385 g/mol. The number of hydrogen-bond acceptors (Lipinski definition) is 3. The largest absolute Gasteiger partial charge is 0.435 e. The quantitative estimate of drug-likeness (QED) is 0.663. The fraction of sp³-hybridized carbons (Fsp3) is 0. The molecule has 0 fully saturated rings. The van der Waals surface area contributed by atoms with Gasteiger partial charge in [0.25, 0.3) is 5.88 Å². The molecular weight excluding hydrogens is 381 g/mol. The van der Waals surface area contributed by atoms with Gasteiger partial charge in [-0.25, -0.2) is 14.4 Å². The summed E-state index contributed by atoms with van der Waals surface area (Å²) in [5.74, 6) is 0.468. The number of hydrogen-bond donors (Lipinski definition) is 0. The molecule has 96 valence electrons. The molecule has 0 aliphatic heterocycles. The number of halogens is 3. The van der Waals surface area contributed by atoms with Gasteiger partial charge in [0.05, 0.1) is 4.47 Å². The third-order valence-electron chi connectivity index (χ3n) is 2.41. The minimum atomic E-state index is -0.340. The summed E-state index contributed by atoms with van der Waals surface area (Å²) < 4.78 is 21.6. The molecule has 0 saturated carbocycles. The molecule has 0 radical (unpaired) electrons. The minimum Gasteiger partial charge on any atom is -0.435 e. The number of benzene rings is 1. The van der Waals surface area contributed by atoms with Crippen molar-refractivity contribution in [1.29, 1.82) is 0 Å². The topological polar surface area (TPSA) is 39.4 Å². The van der Waals surface area contributed by atoms with Crippen molar-refractivity contribution in [2.24, 2.45) is 0 Å². The molecule has 4 nitrogen and oxygen atoms in total. The van der Waals surface area contributed by atoms with Crippen LogP contribution in [0.1, 0.15) is 0 Å². The van der Waals surface area contributed by atoms with Crippen molar-refractivity contribution in [2.45, 2.75) is 0 Å². The zero-order valence-electron chi connectivity index (χ0n) is 9.35. The van der Waals surface area contributed by atoms with Gasteiger partial charge >= 0.3 is 0 Å². The molecule has 0 spiro atoms. The summed E-state index contributed by atoms with van der Waals surface area (Å²) in [6, 6.07) is 4.18. The maximum Gasteiger partial charge on any atom is 0.265 e. The van der Waals surface area contributed by atoms with Crippen LogP contribution >= 0.6 is 31.9 Å². The van der Waals surface area contributed by atoms with Crippen molar-refractivity contribution in [1.82, 2.24) is 14.4 Å². The average molecular weight is 387 g/mol. The van der Waals surface area contributed by atoms with E-state index in [1.165, 1.54) is 18.2 Å². The number of aromatic nitrogens is 3. The highest BCUT2D eigenvalue weighted by Gasteiger charge is 2.11. The molecule has 7 heteroatoms. The summed E-state index contributed by atoms with van der Waals surface area (Å²) in [5.41, 5.74) is 0.583. The van der Waals surface area contributed by atoms with Gasteiger partial charge in [-0.1, -0.05) is 0 Å². The van der Waals surface area contributed by atoms with E-state index in [0.717, 1.165) is 0 Å². The van der Waals surface area contributed by atoms with E-state index in [4.69, 9.17) is 4.74 Å². The maximum atomic E-state index is 13.0. The van der Waals surface area contributed by atoms with Crippen LogP contribution in [0.4, 0.5) is 4.39 Å². The predicted molar refractivity (Wildman–Crippen MR) is 74.9 cm³/mol. The smallest absolute Gasteiger partial charge is 0.265 e. The first-order valence-corrected chi connectivity index (χ1v) is 6.84. The molecule has 0 unspecified atom stereocenters. The fourth-order valence-corrected chi connectivity index (χ4v) is 2.42. The Bertz CT molecular complexity index is 760. The highest BCUT2D eigenvalue weighted by atomic mass is 79.9. The minimum absolute atomic E-state index is 0.340. The molecule has 2 aromatic heterocycles. The summed E-state index contributed by atoms with van der Waals surface area (Å²) >= 11 is 6.55. The zero-order chi connectivity index (χ0) is 13.4. The predicted octanol–water partition coefficient (Wildman–Crippen LogP) is 4.19. The van der Waals surface area contributed by atoms with Crippen LogP contribution in [0.25, 0.3) is 5.65 Å². The number of rotatable bonds is 2. The van der Waals surface area contributed by atoms with Gasteiger partial charge in [0.15, 0.2) is 0 Å². The zero-order valence-corrected chi connectivity index (χ0v) is 12.5. The lowest BCUT2D eigenvalue weighted by molar-refractivity contribution is 0.459. The van der Waals surface area contributed by atoms with Crippen LogP contribution in [-0.2, 0) is 0 Å². The van der Waals surface area contributed by atoms with Gasteiger partial charge in [0, 0.05) is 18.6 Å². The lowest BCUT2D eigenvalue weighted by atomic mass is 10.3. The van der Waals surface area contributed by atoms with Gasteiger partial charge in [-0.3, -0.25) is 4.40 Å². The first-order chi connectivity index (χ1) is 9.13. The lowest BCUT2D eigenvalue weighted by Gasteiger charge is -2.08. The Morgan fingerprint density at radius 3 is 2.89 bits per heavy atom. The third-order valence-corrected chi connectivity index (χ3v) is 3.42. The van der Waals surface area contributed by atoms with E-state index in [-0.39, 0.29) is 5.82 Å². The lowest BCUT2D eigenvalue weighted by Crippen LogP contribution is -1.95. The van der Waals surface area contributed by atoms with Gasteiger partial charge in [-0.05, 0) is 50.1 Å². The molecule has 3 rings (SSSR count). The van der Waals surface area contributed by atoms with Crippen molar-refractivity contribution in [3.63, 3.8) is 0 Å². The molecule has 19 heavy (non-hydrogen) atoms. The van der Waals surface area contributed by atoms with Gasteiger partial charge in [-0.15, -0.1) is 0 Å². The maximum absolute atomic E-state index is 13.0.